The second kappa shape index (κ2) is 3.99. The van der Waals surface area contributed by atoms with Crippen LogP contribution < -0.4 is 5.63 Å². The fourth-order valence-electron chi connectivity index (χ4n) is 2.40. The maximum atomic E-state index is 11.3. The van der Waals surface area contributed by atoms with Gasteiger partial charge in [0.2, 0.25) is 0 Å². The number of aryl methyl sites for hydroxylation is 1. The number of hydrogen-bond acceptors (Lipinski definition) is 3. The van der Waals surface area contributed by atoms with Crippen molar-refractivity contribution in [2.45, 2.75) is 6.92 Å². The monoisotopic (exact) mass is 252 g/mol. The van der Waals surface area contributed by atoms with E-state index in [2.05, 4.69) is 6.58 Å². The topological polar surface area (TPSA) is 50.4 Å². The molecule has 19 heavy (non-hydrogen) atoms. The number of fused-ring (bicyclic) bond motifs is 3. The van der Waals surface area contributed by atoms with Crippen LogP contribution in [0.5, 0.6) is 5.75 Å². The summed E-state index contributed by atoms with van der Waals surface area (Å²) in [5.41, 5.74) is 1.78. The average Bonchev–Trinajstić information content (AvgIpc) is 2.41. The van der Waals surface area contributed by atoms with Gasteiger partial charge in [-0.2, -0.15) is 0 Å². The van der Waals surface area contributed by atoms with E-state index in [1.54, 1.807) is 24.3 Å². The van der Waals surface area contributed by atoms with Gasteiger partial charge in [0.25, 0.3) is 0 Å². The van der Waals surface area contributed by atoms with Crippen LogP contribution in [0.2, 0.25) is 0 Å². The first-order valence-corrected chi connectivity index (χ1v) is 5.93. The Labute approximate surface area is 109 Å². The Morgan fingerprint density at radius 2 is 1.95 bits per heavy atom. The van der Waals surface area contributed by atoms with E-state index in [0.29, 0.717) is 5.58 Å². The molecule has 0 saturated carbocycles. The number of aromatic hydroxyl groups is 1. The highest BCUT2D eigenvalue weighted by molar-refractivity contribution is 6.11. The van der Waals surface area contributed by atoms with Crippen LogP contribution in [0.25, 0.3) is 27.8 Å². The largest absolute Gasteiger partial charge is 0.508 e. The molecule has 0 aliphatic rings. The fourth-order valence-corrected chi connectivity index (χ4v) is 2.40. The summed E-state index contributed by atoms with van der Waals surface area (Å²) in [6.07, 6.45) is 1.69. The van der Waals surface area contributed by atoms with E-state index < -0.39 is 0 Å². The molecule has 1 heterocycles. The van der Waals surface area contributed by atoms with Gasteiger partial charge in [0.15, 0.2) is 0 Å². The highest BCUT2D eigenvalue weighted by Crippen LogP contribution is 2.34. The predicted octanol–water partition coefficient (Wildman–Crippen LogP) is 3.60. The van der Waals surface area contributed by atoms with Gasteiger partial charge < -0.3 is 9.52 Å². The first-order chi connectivity index (χ1) is 9.11. The van der Waals surface area contributed by atoms with Crippen molar-refractivity contribution in [2.24, 2.45) is 0 Å². The van der Waals surface area contributed by atoms with Gasteiger partial charge in [0, 0.05) is 16.8 Å². The van der Waals surface area contributed by atoms with E-state index in [-0.39, 0.29) is 11.4 Å². The zero-order chi connectivity index (χ0) is 13.6. The van der Waals surface area contributed by atoms with Gasteiger partial charge in [0.1, 0.15) is 11.3 Å². The van der Waals surface area contributed by atoms with E-state index in [1.807, 2.05) is 13.0 Å². The standard InChI is InChI=1S/C16H12O3/c1-3-10-8-13(17)9(2)11-4-6-14-12(16(10)11)5-7-15(18)19-14/h3-8,17H,1H2,2H3. The summed E-state index contributed by atoms with van der Waals surface area (Å²) in [4.78, 5) is 11.3. The molecule has 0 atom stereocenters. The maximum Gasteiger partial charge on any atom is 0.336 e. The smallest absolute Gasteiger partial charge is 0.336 e. The van der Waals surface area contributed by atoms with Crippen LogP contribution in [0.15, 0.2) is 46.1 Å². The Bertz CT molecular complexity index is 872. The van der Waals surface area contributed by atoms with Crippen molar-refractivity contribution in [3.05, 3.63) is 58.5 Å². The molecule has 0 bridgehead atoms. The van der Waals surface area contributed by atoms with Crippen molar-refractivity contribution < 1.29 is 9.52 Å². The molecule has 0 aliphatic carbocycles. The molecule has 0 aliphatic heterocycles. The number of phenolic OH excluding ortho intramolecular Hbond substituents is 1. The number of phenols is 1. The minimum atomic E-state index is -0.373. The minimum Gasteiger partial charge on any atom is -0.508 e. The molecule has 0 fully saturated rings. The quantitative estimate of drug-likeness (QED) is 0.531. The summed E-state index contributed by atoms with van der Waals surface area (Å²) in [6, 6.07) is 8.42. The molecule has 0 unspecified atom stereocenters. The third-order valence-electron chi connectivity index (χ3n) is 3.39. The molecule has 1 aromatic heterocycles. The van der Waals surface area contributed by atoms with Crippen molar-refractivity contribution in [3.63, 3.8) is 0 Å². The van der Waals surface area contributed by atoms with Gasteiger partial charge in [-0.15, -0.1) is 0 Å². The SMILES string of the molecule is C=Cc1cc(O)c(C)c2ccc3oc(=O)ccc3c12. The van der Waals surface area contributed by atoms with Crippen LogP contribution in [0, 0.1) is 6.92 Å². The Hall–Kier alpha value is -2.55. The first kappa shape index (κ1) is 11.5. The number of benzene rings is 2. The number of rotatable bonds is 1. The molecule has 2 aromatic carbocycles. The first-order valence-electron chi connectivity index (χ1n) is 5.93. The van der Waals surface area contributed by atoms with Crippen LogP contribution in [0.4, 0.5) is 0 Å². The van der Waals surface area contributed by atoms with Crippen LogP contribution >= 0.6 is 0 Å². The molecule has 3 rings (SSSR count). The third kappa shape index (κ3) is 1.63. The van der Waals surface area contributed by atoms with Crippen molar-refractivity contribution in [2.75, 3.05) is 0 Å². The molecule has 0 saturated heterocycles. The molecule has 3 nitrogen and oxygen atoms in total. The summed E-state index contributed by atoms with van der Waals surface area (Å²) < 4.78 is 5.19. The van der Waals surface area contributed by atoms with E-state index in [1.165, 1.54) is 6.07 Å². The Morgan fingerprint density at radius 3 is 2.68 bits per heavy atom. The predicted molar refractivity (Wildman–Crippen MR) is 76.5 cm³/mol. The van der Waals surface area contributed by atoms with Crippen LogP contribution in [-0.2, 0) is 0 Å². The van der Waals surface area contributed by atoms with Gasteiger partial charge in [-0.25, -0.2) is 4.79 Å². The molecular formula is C16H12O3. The lowest BCUT2D eigenvalue weighted by Gasteiger charge is -2.10. The van der Waals surface area contributed by atoms with E-state index >= 15 is 0 Å². The Balaban J connectivity index is 2.64. The highest BCUT2D eigenvalue weighted by atomic mass is 16.4. The van der Waals surface area contributed by atoms with Gasteiger partial charge in [-0.1, -0.05) is 18.7 Å². The lowest BCUT2D eigenvalue weighted by Crippen LogP contribution is -1.95. The van der Waals surface area contributed by atoms with Crippen molar-refractivity contribution >= 4 is 27.8 Å². The third-order valence-corrected chi connectivity index (χ3v) is 3.39. The van der Waals surface area contributed by atoms with Crippen LogP contribution in [0.3, 0.4) is 0 Å². The zero-order valence-electron chi connectivity index (χ0n) is 10.4. The molecular weight excluding hydrogens is 240 g/mol. The summed E-state index contributed by atoms with van der Waals surface area (Å²) >= 11 is 0. The van der Waals surface area contributed by atoms with Gasteiger partial charge >= 0.3 is 5.63 Å². The summed E-state index contributed by atoms with van der Waals surface area (Å²) in [6.45, 7) is 5.63. The van der Waals surface area contributed by atoms with Crippen molar-refractivity contribution in [1.82, 2.24) is 0 Å². The number of hydrogen-bond donors (Lipinski definition) is 1. The lowest BCUT2D eigenvalue weighted by molar-refractivity contribution is 0.472. The molecule has 0 spiro atoms. The van der Waals surface area contributed by atoms with Gasteiger partial charge in [0.05, 0.1) is 0 Å². The lowest BCUT2D eigenvalue weighted by atomic mass is 9.96. The fraction of sp³-hybridized carbons (Fsp3) is 0.0625. The minimum absolute atomic E-state index is 0.235. The molecule has 1 N–H and O–H groups in total. The maximum absolute atomic E-state index is 11.3. The highest BCUT2D eigenvalue weighted by Gasteiger charge is 2.11. The van der Waals surface area contributed by atoms with Gasteiger partial charge in [-0.3, -0.25) is 0 Å². The molecule has 94 valence electrons. The van der Waals surface area contributed by atoms with Crippen LogP contribution in [-0.4, -0.2) is 5.11 Å². The van der Waals surface area contributed by atoms with Crippen LogP contribution in [0.1, 0.15) is 11.1 Å². The Kier molecular flexibility index (Phi) is 2.42. The molecule has 0 amide bonds. The van der Waals surface area contributed by atoms with E-state index in [4.69, 9.17) is 4.42 Å². The molecule has 3 heteroatoms. The van der Waals surface area contributed by atoms with E-state index in [9.17, 15) is 9.90 Å². The van der Waals surface area contributed by atoms with E-state index in [0.717, 1.165) is 27.3 Å². The summed E-state index contributed by atoms with van der Waals surface area (Å²) in [5, 5.41) is 12.6. The van der Waals surface area contributed by atoms with Crippen molar-refractivity contribution in [1.29, 1.82) is 0 Å². The molecule has 0 radical (unpaired) electrons. The van der Waals surface area contributed by atoms with Crippen molar-refractivity contribution in [3.8, 4) is 5.75 Å². The molecule has 3 aromatic rings. The van der Waals surface area contributed by atoms with Gasteiger partial charge in [-0.05, 0) is 41.6 Å². The average molecular weight is 252 g/mol. The normalized spacial score (nSPS) is 11.0. The summed E-state index contributed by atoms with van der Waals surface area (Å²) in [7, 11) is 0. The second-order valence-electron chi connectivity index (χ2n) is 4.47. The second-order valence-corrected chi connectivity index (χ2v) is 4.47. The summed E-state index contributed by atoms with van der Waals surface area (Å²) in [5.74, 6) is 0.235. The zero-order valence-corrected chi connectivity index (χ0v) is 10.4. The Morgan fingerprint density at radius 1 is 1.21 bits per heavy atom.